The van der Waals surface area contributed by atoms with Crippen LogP contribution in [0.5, 0.6) is 0 Å². The first-order chi connectivity index (χ1) is 12.7. The monoisotopic (exact) mass is 430 g/mol. The lowest BCUT2D eigenvalue weighted by Crippen LogP contribution is -2.26. The average Bonchev–Trinajstić information content (AvgIpc) is 2.66. The number of hydrogen-bond donors (Lipinski definition) is 0. The van der Waals surface area contributed by atoms with Crippen molar-refractivity contribution >= 4 is 34.0 Å². The van der Waals surface area contributed by atoms with E-state index in [0.717, 1.165) is 13.0 Å². The van der Waals surface area contributed by atoms with E-state index in [1.165, 1.54) is 73.1 Å². The normalized spacial score (nSPS) is 12.2. The van der Waals surface area contributed by atoms with Gasteiger partial charge in [0.2, 0.25) is 0 Å². The van der Waals surface area contributed by atoms with E-state index in [-0.39, 0.29) is 17.0 Å². The minimum atomic E-state index is 0. The highest BCUT2D eigenvalue weighted by Gasteiger charge is 2.24. The first-order valence-electron chi connectivity index (χ1n) is 10.4. The van der Waals surface area contributed by atoms with Crippen molar-refractivity contribution in [1.29, 1.82) is 0 Å². The second kappa shape index (κ2) is 10.8. The summed E-state index contributed by atoms with van der Waals surface area (Å²) in [6, 6.07) is 15.7. The van der Waals surface area contributed by atoms with Crippen LogP contribution in [0.15, 0.2) is 42.5 Å². The summed E-state index contributed by atoms with van der Waals surface area (Å²) in [5.41, 5.74) is 7.08. The molecular weight excluding hydrogens is 396 g/mol. The smallest absolute Gasteiger partial charge is 0.0467 e. The third-order valence-corrected chi connectivity index (χ3v) is 5.53. The van der Waals surface area contributed by atoms with Gasteiger partial charge >= 0.3 is 0 Å². The molecule has 0 aliphatic carbocycles. The van der Waals surface area contributed by atoms with Crippen molar-refractivity contribution < 1.29 is 0 Å². The Balaban J connectivity index is 0.00000261. The number of nitrogens with zero attached hydrogens (tertiary/aromatic N) is 2. The SMILES string of the molecule is Br.CCCCCCCCCN1c2ccccc2Cc2c(N(C)C)cccc21. The molecule has 148 valence electrons. The molecule has 0 N–H and O–H groups in total. The molecule has 0 bridgehead atoms. The van der Waals surface area contributed by atoms with E-state index in [1.807, 2.05) is 0 Å². The Bertz CT molecular complexity index is 711. The Kier molecular flexibility index (Phi) is 8.69. The molecule has 0 saturated carbocycles. The highest BCUT2D eigenvalue weighted by Crippen LogP contribution is 2.42. The summed E-state index contributed by atoms with van der Waals surface area (Å²) < 4.78 is 0. The molecule has 0 unspecified atom stereocenters. The van der Waals surface area contributed by atoms with E-state index < -0.39 is 0 Å². The van der Waals surface area contributed by atoms with Gasteiger partial charge in [-0.2, -0.15) is 0 Å². The van der Waals surface area contributed by atoms with Gasteiger partial charge in [-0.25, -0.2) is 0 Å². The van der Waals surface area contributed by atoms with E-state index in [9.17, 15) is 0 Å². The number of halogens is 1. The van der Waals surface area contributed by atoms with Crippen molar-refractivity contribution in [3.63, 3.8) is 0 Å². The fraction of sp³-hybridized carbons (Fsp3) is 0.500. The lowest BCUT2D eigenvalue weighted by Gasteiger charge is -2.35. The van der Waals surface area contributed by atoms with E-state index in [1.54, 1.807) is 0 Å². The molecular formula is C24H35BrN2. The minimum Gasteiger partial charge on any atom is -0.377 e. The van der Waals surface area contributed by atoms with Crippen molar-refractivity contribution in [3.8, 4) is 0 Å². The van der Waals surface area contributed by atoms with E-state index >= 15 is 0 Å². The Morgan fingerprint density at radius 1 is 0.815 bits per heavy atom. The molecule has 0 atom stereocenters. The van der Waals surface area contributed by atoms with Crippen LogP contribution in [0, 0.1) is 0 Å². The Hall–Kier alpha value is -1.48. The summed E-state index contributed by atoms with van der Waals surface area (Å²) in [4.78, 5) is 4.81. The summed E-state index contributed by atoms with van der Waals surface area (Å²) in [6.45, 7) is 3.40. The minimum absolute atomic E-state index is 0. The maximum Gasteiger partial charge on any atom is 0.0467 e. The fourth-order valence-corrected chi connectivity index (χ4v) is 4.13. The van der Waals surface area contributed by atoms with Crippen LogP contribution < -0.4 is 9.80 Å². The van der Waals surface area contributed by atoms with Crippen LogP contribution in [0.2, 0.25) is 0 Å². The van der Waals surface area contributed by atoms with Gasteiger partial charge < -0.3 is 9.80 Å². The van der Waals surface area contributed by atoms with Gasteiger partial charge in [-0.15, -0.1) is 17.0 Å². The van der Waals surface area contributed by atoms with Crippen LogP contribution in [-0.2, 0) is 6.42 Å². The van der Waals surface area contributed by atoms with Gasteiger partial charge in [0.15, 0.2) is 0 Å². The molecule has 0 radical (unpaired) electrons. The molecule has 27 heavy (non-hydrogen) atoms. The zero-order chi connectivity index (χ0) is 18.4. The topological polar surface area (TPSA) is 6.48 Å². The molecule has 1 aliphatic rings. The predicted molar refractivity (Wildman–Crippen MR) is 125 cm³/mol. The van der Waals surface area contributed by atoms with Gasteiger partial charge in [0.05, 0.1) is 0 Å². The van der Waals surface area contributed by atoms with Crippen LogP contribution in [0.25, 0.3) is 0 Å². The summed E-state index contributed by atoms with van der Waals surface area (Å²) in [5, 5.41) is 0. The number of benzene rings is 2. The molecule has 0 fully saturated rings. The van der Waals surface area contributed by atoms with Crippen molar-refractivity contribution in [2.75, 3.05) is 30.4 Å². The first-order valence-corrected chi connectivity index (χ1v) is 10.4. The number of unbranched alkanes of at least 4 members (excludes halogenated alkanes) is 6. The van der Waals surface area contributed by atoms with Crippen LogP contribution in [0.4, 0.5) is 17.1 Å². The molecule has 0 spiro atoms. The molecule has 3 heteroatoms. The Labute approximate surface area is 176 Å². The average molecular weight is 431 g/mol. The number of rotatable bonds is 9. The van der Waals surface area contributed by atoms with Gasteiger partial charge in [-0.1, -0.05) is 69.7 Å². The highest BCUT2D eigenvalue weighted by atomic mass is 79.9. The van der Waals surface area contributed by atoms with Crippen molar-refractivity contribution in [1.82, 2.24) is 0 Å². The third kappa shape index (κ3) is 5.28. The lowest BCUT2D eigenvalue weighted by molar-refractivity contribution is 0.590. The van der Waals surface area contributed by atoms with Crippen LogP contribution in [-0.4, -0.2) is 20.6 Å². The third-order valence-electron chi connectivity index (χ3n) is 5.53. The Morgan fingerprint density at radius 2 is 1.48 bits per heavy atom. The van der Waals surface area contributed by atoms with Crippen LogP contribution >= 0.6 is 17.0 Å². The standard InChI is InChI=1S/C24H34N2.BrH/c1-4-5-6-7-8-9-12-18-26-22-15-11-10-14-20(22)19-21-23(25(2)3)16-13-17-24(21)26;/h10-11,13-17H,4-9,12,18-19H2,1-3H3;1H. The van der Waals surface area contributed by atoms with Gasteiger partial charge in [0.25, 0.3) is 0 Å². The maximum atomic E-state index is 2.56. The zero-order valence-electron chi connectivity index (χ0n) is 17.2. The van der Waals surface area contributed by atoms with Crippen molar-refractivity contribution in [2.45, 2.75) is 58.3 Å². The van der Waals surface area contributed by atoms with Crippen LogP contribution in [0.1, 0.15) is 63.0 Å². The quantitative estimate of drug-likeness (QED) is 0.390. The summed E-state index contributed by atoms with van der Waals surface area (Å²) in [5.74, 6) is 0. The number of fused-ring (bicyclic) bond motifs is 2. The fourth-order valence-electron chi connectivity index (χ4n) is 4.13. The molecule has 1 heterocycles. The molecule has 2 nitrogen and oxygen atoms in total. The van der Waals surface area contributed by atoms with Crippen molar-refractivity contribution in [3.05, 3.63) is 53.6 Å². The zero-order valence-corrected chi connectivity index (χ0v) is 18.9. The maximum absolute atomic E-state index is 2.56. The molecule has 2 aromatic carbocycles. The molecule has 0 amide bonds. The summed E-state index contributed by atoms with van der Waals surface area (Å²) in [7, 11) is 4.30. The highest BCUT2D eigenvalue weighted by molar-refractivity contribution is 8.93. The first kappa shape index (κ1) is 21.8. The molecule has 2 aromatic rings. The second-order valence-electron chi connectivity index (χ2n) is 7.75. The molecule has 0 saturated heterocycles. The number of hydrogen-bond acceptors (Lipinski definition) is 2. The molecule has 3 rings (SSSR count). The number of anilines is 3. The summed E-state index contributed by atoms with van der Waals surface area (Å²) in [6.07, 6.45) is 10.5. The largest absolute Gasteiger partial charge is 0.377 e. The lowest BCUT2D eigenvalue weighted by atomic mass is 9.93. The van der Waals surface area contributed by atoms with Gasteiger partial charge in [-0.05, 0) is 30.2 Å². The van der Waals surface area contributed by atoms with E-state index in [2.05, 4.69) is 73.3 Å². The molecule has 1 aliphatic heterocycles. The van der Waals surface area contributed by atoms with Gasteiger partial charge in [-0.3, -0.25) is 0 Å². The van der Waals surface area contributed by atoms with Gasteiger partial charge in [0.1, 0.15) is 0 Å². The van der Waals surface area contributed by atoms with Crippen molar-refractivity contribution in [2.24, 2.45) is 0 Å². The summed E-state index contributed by atoms with van der Waals surface area (Å²) >= 11 is 0. The van der Waals surface area contributed by atoms with Crippen LogP contribution in [0.3, 0.4) is 0 Å². The predicted octanol–water partition coefficient (Wildman–Crippen LogP) is 7.12. The van der Waals surface area contributed by atoms with E-state index in [0.29, 0.717) is 0 Å². The van der Waals surface area contributed by atoms with E-state index in [4.69, 9.17) is 0 Å². The second-order valence-corrected chi connectivity index (χ2v) is 7.75. The number of para-hydroxylation sites is 1. The molecule has 0 aromatic heterocycles. The van der Waals surface area contributed by atoms with Gasteiger partial charge in [0, 0.05) is 49.7 Å². The Morgan fingerprint density at radius 3 is 2.22 bits per heavy atom.